The molecule has 0 fully saturated rings. The van der Waals surface area contributed by atoms with Crippen LogP contribution in [0.4, 0.5) is 5.69 Å². The van der Waals surface area contributed by atoms with Gasteiger partial charge >= 0.3 is 0 Å². The first kappa shape index (κ1) is 13.8. The minimum atomic E-state index is -0.120. The lowest BCUT2D eigenvalue weighted by Crippen LogP contribution is -2.08. The van der Waals surface area contributed by atoms with Crippen LogP contribution in [-0.4, -0.2) is 5.91 Å². The molecular formula is C16H14INO. The molecule has 2 aromatic rings. The van der Waals surface area contributed by atoms with E-state index >= 15 is 0 Å². The van der Waals surface area contributed by atoms with E-state index in [4.69, 9.17) is 0 Å². The van der Waals surface area contributed by atoms with Gasteiger partial charge in [0.15, 0.2) is 0 Å². The summed E-state index contributed by atoms with van der Waals surface area (Å²) in [5.74, 6) is -0.120. The molecule has 0 unspecified atom stereocenters. The minimum Gasteiger partial charge on any atom is -0.322 e. The second-order valence-corrected chi connectivity index (χ2v) is 5.38. The molecule has 0 bridgehead atoms. The summed E-state index contributed by atoms with van der Waals surface area (Å²) >= 11 is 2.20. The van der Waals surface area contributed by atoms with Crippen LogP contribution in [0.2, 0.25) is 0 Å². The number of benzene rings is 2. The van der Waals surface area contributed by atoms with Crippen LogP contribution in [0.25, 0.3) is 6.08 Å². The average molecular weight is 363 g/mol. The first-order valence-electron chi connectivity index (χ1n) is 5.95. The van der Waals surface area contributed by atoms with E-state index < -0.39 is 0 Å². The number of amides is 1. The number of carbonyl (C=O) groups is 1. The highest BCUT2D eigenvalue weighted by Gasteiger charge is 2.01. The number of anilines is 1. The topological polar surface area (TPSA) is 29.1 Å². The van der Waals surface area contributed by atoms with Crippen LogP contribution >= 0.6 is 22.6 Å². The van der Waals surface area contributed by atoms with Gasteiger partial charge in [-0.25, -0.2) is 0 Å². The molecule has 2 nitrogen and oxygen atoms in total. The summed E-state index contributed by atoms with van der Waals surface area (Å²) in [7, 11) is 0. The average Bonchev–Trinajstić information content (AvgIpc) is 2.39. The van der Waals surface area contributed by atoms with E-state index in [2.05, 4.69) is 27.9 Å². The summed E-state index contributed by atoms with van der Waals surface area (Å²) in [4.78, 5) is 11.8. The van der Waals surface area contributed by atoms with Gasteiger partial charge in [0.2, 0.25) is 5.91 Å². The summed E-state index contributed by atoms with van der Waals surface area (Å²) in [6.07, 6.45) is 3.37. The molecule has 0 spiro atoms. The molecular weight excluding hydrogens is 349 g/mol. The molecule has 1 amide bonds. The van der Waals surface area contributed by atoms with Crippen LogP contribution in [-0.2, 0) is 4.79 Å². The summed E-state index contributed by atoms with van der Waals surface area (Å²) in [6, 6.07) is 15.7. The van der Waals surface area contributed by atoms with Gasteiger partial charge in [0.1, 0.15) is 0 Å². The van der Waals surface area contributed by atoms with Crippen molar-refractivity contribution in [2.75, 3.05) is 5.32 Å². The zero-order valence-corrected chi connectivity index (χ0v) is 12.7. The van der Waals surface area contributed by atoms with Crippen molar-refractivity contribution in [2.45, 2.75) is 6.92 Å². The highest BCUT2D eigenvalue weighted by molar-refractivity contribution is 14.1. The van der Waals surface area contributed by atoms with E-state index in [9.17, 15) is 4.79 Å². The molecule has 0 saturated carbocycles. The molecule has 19 heavy (non-hydrogen) atoms. The SMILES string of the molecule is Cc1cccc(/C=C/C(=O)Nc2ccccc2I)c1. The van der Waals surface area contributed by atoms with E-state index in [0.29, 0.717) is 0 Å². The first-order valence-corrected chi connectivity index (χ1v) is 7.03. The number of carbonyl (C=O) groups excluding carboxylic acids is 1. The molecule has 0 aliphatic rings. The van der Waals surface area contributed by atoms with E-state index in [-0.39, 0.29) is 5.91 Å². The lowest BCUT2D eigenvalue weighted by Gasteiger charge is -2.04. The third kappa shape index (κ3) is 4.21. The number of hydrogen-bond donors (Lipinski definition) is 1. The van der Waals surface area contributed by atoms with Crippen LogP contribution in [0.1, 0.15) is 11.1 Å². The molecule has 0 aliphatic carbocycles. The fourth-order valence-electron chi connectivity index (χ4n) is 1.68. The Morgan fingerprint density at radius 1 is 1.16 bits per heavy atom. The third-order valence-electron chi connectivity index (χ3n) is 2.60. The number of aryl methyl sites for hydroxylation is 1. The summed E-state index contributed by atoms with van der Waals surface area (Å²) < 4.78 is 1.03. The van der Waals surface area contributed by atoms with Crippen LogP contribution in [0.3, 0.4) is 0 Å². The maximum atomic E-state index is 11.8. The Bertz CT molecular complexity index is 620. The lowest BCUT2D eigenvalue weighted by molar-refractivity contribution is -0.111. The maximum absolute atomic E-state index is 11.8. The predicted octanol–water partition coefficient (Wildman–Crippen LogP) is 4.25. The van der Waals surface area contributed by atoms with E-state index in [0.717, 1.165) is 14.8 Å². The van der Waals surface area contributed by atoms with Gasteiger partial charge in [-0.05, 0) is 53.3 Å². The molecule has 0 saturated heterocycles. The second-order valence-electron chi connectivity index (χ2n) is 4.22. The fourth-order valence-corrected chi connectivity index (χ4v) is 2.20. The molecule has 1 N–H and O–H groups in total. The summed E-state index contributed by atoms with van der Waals surface area (Å²) in [6.45, 7) is 2.03. The third-order valence-corrected chi connectivity index (χ3v) is 3.54. The quantitative estimate of drug-likeness (QED) is 0.641. The van der Waals surface area contributed by atoms with Crippen molar-refractivity contribution in [3.8, 4) is 0 Å². The Balaban J connectivity index is 2.04. The second kappa shape index (κ2) is 6.52. The normalized spacial score (nSPS) is 10.6. The lowest BCUT2D eigenvalue weighted by atomic mass is 10.1. The molecule has 96 valence electrons. The molecule has 0 radical (unpaired) electrons. The van der Waals surface area contributed by atoms with Crippen LogP contribution in [0, 0.1) is 10.5 Å². The van der Waals surface area contributed by atoms with Gasteiger partial charge in [-0.2, -0.15) is 0 Å². The Hall–Kier alpha value is -1.62. The van der Waals surface area contributed by atoms with Gasteiger partial charge in [-0.3, -0.25) is 4.79 Å². The van der Waals surface area contributed by atoms with Gasteiger partial charge < -0.3 is 5.32 Å². The monoisotopic (exact) mass is 363 g/mol. The van der Waals surface area contributed by atoms with Gasteiger partial charge in [0.05, 0.1) is 5.69 Å². The van der Waals surface area contributed by atoms with Crippen LogP contribution < -0.4 is 5.32 Å². The number of rotatable bonds is 3. The van der Waals surface area contributed by atoms with Crippen molar-refractivity contribution in [3.63, 3.8) is 0 Å². The van der Waals surface area contributed by atoms with E-state index in [1.165, 1.54) is 5.56 Å². The smallest absolute Gasteiger partial charge is 0.248 e. The number of para-hydroxylation sites is 1. The number of halogens is 1. The van der Waals surface area contributed by atoms with Crippen molar-refractivity contribution >= 4 is 40.3 Å². The summed E-state index contributed by atoms with van der Waals surface area (Å²) in [5.41, 5.74) is 3.04. The molecule has 0 aromatic heterocycles. The zero-order valence-electron chi connectivity index (χ0n) is 10.6. The molecule has 2 rings (SSSR count). The zero-order chi connectivity index (χ0) is 13.7. The number of nitrogens with one attached hydrogen (secondary N) is 1. The number of hydrogen-bond acceptors (Lipinski definition) is 1. The Labute approximate surface area is 126 Å². The van der Waals surface area contributed by atoms with Crippen molar-refractivity contribution in [2.24, 2.45) is 0 Å². The predicted molar refractivity (Wildman–Crippen MR) is 88.0 cm³/mol. The van der Waals surface area contributed by atoms with Crippen LogP contribution in [0.15, 0.2) is 54.6 Å². The standard InChI is InChI=1S/C16H14INO/c1-12-5-4-6-13(11-12)9-10-16(19)18-15-8-3-2-7-14(15)17/h2-11H,1H3,(H,18,19)/b10-9+. The highest BCUT2D eigenvalue weighted by Crippen LogP contribution is 2.16. The van der Waals surface area contributed by atoms with Gasteiger partial charge in [-0.15, -0.1) is 0 Å². The Kier molecular flexibility index (Phi) is 4.74. The molecule has 0 heterocycles. The van der Waals surface area contributed by atoms with Gasteiger partial charge in [0, 0.05) is 9.65 Å². The Morgan fingerprint density at radius 2 is 1.95 bits per heavy atom. The highest BCUT2D eigenvalue weighted by atomic mass is 127. The largest absolute Gasteiger partial charge is 0.322 e. The summed E-state index contributed by atoms with van der Waals surface area (Å²) in [5, 5.41) is 2.86. The van der Waals surface area contributed by atoms with E-state index in [1.807, 2.05) is 61.5 Å². The van der Waals surface area contributed by atoms with Gasteiger partial charge in [-0.1, -0.05) is 42.0 Å². The molecule has 0 aliphatic heterocycles. The molecule has 3 heteroatoms. The molecule has 0 atom stereocenters. The van der Waals surface area contributed by atoms with Gasteiger partial charge in [0.25, 0.3) is 0 Å². The minimum absolute atomic E-state index is 0.120. The fraction of sp³-hybridized carbons (Fsp3) is 0.0625. The Morgan fingerprint density at radius 3 is 2.68 bits per heavy atom. The molecule has 2 aromatic carbocycles. The maximum Gasteiger partial charge on any atom is 0.248 e. The van der Waals surface area contributed by atoms with Crippen molar-refractivity contribution in [3.05, 3.63) is 69.3 Å². The van der Waals surface area contributed by atoms with Crippen LogP contribution in [0.5, 0.6) is 0 Å². The first-order chi connectivity index (χ1) is 9.15. The van der Waals surface area contributed by atoms with Crippen molar-refractivity contribution in [1.82, 2.24) is 0 Å². The van der Waals surface area contributed by atoms with E-state index in [1.54, 1.807) is 6.08 Å². The van der Waals surface area contributed by atoms with Crippen molar-refractivity contribution < 1.29 is 4.79 Å². The van der Waals surface area contributed by atoms with Crippen molar-refractivity contribution in [1.29, 1.82) is 0 Å².